The largest absolute Gasteiger partial charge is 0.465 e. The van der Waals surface area contributed by atoms with Crippen molar-refractivity contribution in [3.8, 4) is 0 Å². The Bertz CT molecular complexity index is 493. The molecule has 0 bridgehead atoms. The minimum atomic E-state index is -3.20. The van der Waals surface area contributed by atoms with Crippen molar-refractivity contribution >= 4 is 16.0 Å². The molecule has 1 rings (SSSR count). The highest BCUT2D eigenvalue weighted by Gasteiger charge is 2.08. The molecule has 0 saturated heterocycles. The minimum Gasteiger partial charge on any atom is -0.465 e. The molecule has 0 unspecified atom stereocenters. The maximum absolute atomic E-state index is 11.4. The van der Waals surface area contributed by atoms with Gasteiger partial charge in [-0.15, -0.1) is 0 Å². The van der Waals surface area contributed by atoms with Gasteiger partial charge in [0.05, 0.1) is 18.4 Å². The molecule has 0 saturated carbocycles. The topological polar surface area (TPSA) is 72.5 Å². The third-order valence-electron chi connectivity index (χ3n) is 2.34. The molecule has 1 aromatic rings. The van der Waals surface area contributed by atoms with E-state index in [9.17, 15) is 13.2 Å². The summed E-state index contributed by atoms with van der Waals surface area (Å²) in [6.07, 6.45) is 0.580. The van der Waals surface area contributed by atoms with Gasteiger partial charge in [-0.05, 0) is 24.1 Å². The summed E-state index contributed by atoms with van der Waals surface area (Å²) >= 11 is 0. The van der Waals surface area contributed by atoms with Gasteiger partial charge < -0.3 is 4.74 Å². The summed E-state index contributed by atoms with van der Waals surface area (Å²) in [6.45, 7) is 2.04. The van der Waals surface area contributed by atoms with Gasteiger partial charge in [0.1, 0.15) is 0 Å². The van der Waals surface area contributed by atoms with E-state index in [1.54, 1.807) is 24.3 Å². The van der Waals surface area contributed by atoms with Crippen LogP contribution in [0, 0.1) is 0 Å². The molecule has 0 fully saturated rings. The number of hydrogen-bond donors (Lipinski definition) is 1. The lowest BCUT2D eigenvalue weighted by Crippen LogP contribution is -2.25. The van der Waals surface area contributed by atoms with Crippen LogP contribution in [0.15, 0.2) is 24.3 Å². The van der Waals surface area contributed by atoms with Crippen LogP contribution in [0.1, 0.15) is 29.3 Å². The Balaban J connectivity index is 2.62. The van der Waals surface area contributed by atoms with E-state index in [4.69, 9.17) is 0 Å². The standard InChI is InChI=1S/C12H17NO4S/c1-3-8-18(15,16)13-9-10-4-6-11(7-5-10)12(14)17-2/h4-7,13H,3,8-9H2,1-2H3. The molecule has 0 spiro atoms. The van der Waals surface area contributed by atoms with Crippen LogP contribution in [-0.2, 0) is 21.3 Å². The average molecular weight is 271 g/mol. The molecule has 0 atom stereocenters. The quantitative estimate of drug-likeness (QED) is 0.792. The smallest absolute Gasteiger partial charge is 0.337 e. The lowest BCUT2D eigenvalue weighted by Gasteiger charge is -2.06. The van der Waals surface area contributed by atoms with Crippen LogP contribution in [0.4, 0.5) is 0 Å². The van der Waals surface area contributed by atoms with E-state index in [1.165, 1.54) is 7.11 Å². The molecule has 0 amide bonds. The zero-order valence-corrected chi connectivity index (χ0v) is 11.3. The van der Waals surface area contributed by atoms with E-state index in [2.05, 4.69) is 9.46 Å². The van der Waals surface area contributed by atoms with Gasteiger partial charge in [-0.2, -0.15) is 0 Å². The first kappa shape index (κ1) is 14.7. The zero-order valence-electron chi connectivity index (χ0n) is 10.5. The number of carbonyl (C=O) groups excluding carboxylic acids is 1. The Morgan fingerprint density at radius 2 is 1.89 bits per heavy atom. The van der Waals surface area contributed by atoms with Gasteiger partial charge >= 0.3 is 5.97 Å². The van der Waals surface area contributed by atoms with Gasteiger partial charge in [0.15, 0.2) is 0 Å². The van der Waals surface area contributed by atoms with Crippen molar-refractivity contribution in [3.05, 3.63) is 35.4 Å². The first-order chi connectivity index (χ1) is 8.48. The summed E-state index contributed by atoms with van der Waals surface area (Å²) in [4.78, 5) is 11.2. The highest BCUT2D eigenvalue weighted by molar-refractivity contribution is 7.89. The fraction of sp³-hybridized carbons (Fsp3) is 0.417. The molecule has 0 radical (unpaired) electrons. The number of methoxy groups -OCH3 is 1. The number of ether oxygens (including phenoxy) is 1. The SMILES string of the molecule is CCCS(=O)(=O)NCc1ccc(C(=O)OC)cc1. The number of carbonyl (C=O) groups is 1. The van der Waals surface area contributed by atoms with Crippen molar-refractivity contribution in [3.63, 3.8) is 0 Å². The van der Waals surface area contributed by atoms with Crippen LogP contribution in [0.2, 0.25) is 0 Å². The average Bonchev–Trinajstić information content (AvgIpc) is 2.36. The van der Waals surface area contributed by atoms with Crippen LogP contribution < -0.4 is 4.72 Å². The molecule has 0 aliphatic heterocycles. The highest BCUT2D eigenvalue weighted by Crippen LogP contribution is 2.06. The van der Waals surface area contributed by atoms with Gasteiger partial charge in [-0.1, -0.05) is 19.1 Å². The van der Waals surface area contributed by atoms with Crippen LogP contribution in [0.5, 0.6) is 0 Å². The lowest BCUT2D eigenvalue weighted by molar-refractivity contribution is 0.0600. The third-order valence-corrected chi connectivity index (χ3v) is 3.87. The lowest BCUT2D eigenvalue weighted by atomic mass is 10.1. The minimum absolute atomic E-state index is 0.118. The van der Waals surface area contributed by atoms with Gasteiger partial charge in [0.2, 0.25) is 10.0 Å². The Morgan fingerprint density at radius 3 is 2.39 bits per heavy atom. The Morgan fingerprint density at radius 1 is 1.28 bits per heavy atom. The summed E-state index contributed by atoms with van der Waals surface area (Å²) in [5, 5.41) is 0. The van der Waals surface area contributed by atoms with Crippen molar-refractivity contribution in [2.24, 2.45) is 0 Å². The van der Waals surface area contributed by atoms with E-state index in [0.29, 0.717) is 12.0 Å². The van der Waals surface area contributed by atoms with E-state index in [0.717, 1.165) is 5.56 Å². The normalized spacial score (nSPS) is 11.2. The second kappa shape index (κ2) is 6.51. The molecule has 0 aromatic heterocycles. The van der Waals surface area contributed by atoms with Gasteiger partial charge in [0, 0.05) is 6.54 Å². The Labute approximate surface area is 107 Å². The molecule has 0 aliphatic rings. The van der Waals surface area contributed by atoms with E-state index in [1.807, 2.05) is 6.92 Å². The second-order valence-corrected chi connectivity index (χ2v) is 5.75. The first-order valence-electron chi connectivity index (χ1n) is 5.63. The van der Waals surface area contributed by atoms with Crippen molar-refractivity contribution in [2.75, 3.05) is 12.9 Å². The van der Waals surface area contributed by atoms with Crippen LogP contribution >= 0.6 is 0 Å². The summed E-state index contributed by atoms with van der Waals surface area (Å²) in [6, 6.07) is 6.60. The molecule has 0 heterocycles. The molecular formula is C12H17NO4S. The maximum atomic E-state index is 11.4. The van der Waals surface area contributed by atoms with Gasteiger partial charge in [0.25, 0.3) is 0 Å². The highest BCUT2D eigenvalue weighted by atomic mass is 32.2. The van der Waals surface area contributed by atoms with E-state index in [-0.39, 0.29) is 12.3 Å². The van der Waals surface area contributed by atoms with Crippen LogP contribution in [0.3, 0.4) is 0 Å². The van der Waals surface area contributed by atoms with Crippen molar-refractivity contribution in [1.29, 1.82) is 0 Å². The predicted octanol–water partition coefficient (Wildman–Crippen LogP) is 1.30. The van der Waals surface area contributed by atoms with Crippen LogP contribution in [-0.4, -0.2) is 27.2 Å². The molecule has 5 nitrogen and oxygen atoms in total. The summed E-state index contributed by atoms with van der Waals surface area (Å²) in [5.74, 6) is -0.291. The molecule has 6 heteroatoms. The summed E-state index contributed by atoms with van der Waals surface area (Å²) in [5.41, 5.74) is 1.24. The molecule has 100 valence electrons. The fourth-order valence-electron chi connectivity index (χ4n) is 1.41. The maximum Gasteiger partial charge on any atom is 0.337 e. The first-order valence-corrected chi connectivity index (χ1v) is 7.28. The van der Waals surface area contributed by atoms with Crippen molar-refractivity contribution in [2.45, 2.75) is 19.9 Å². The number of esters is 1. The van der Waals surface area contributed by atoms with Gasteiger partial charge in [-0.25, -0.2) is 17.9 Å². The second-order valence-electron chi connectivity index (χ2n) is 3.83. The third kappa shape index (κ3) is 4.46. The number of nitrogens with one attached hydrogen (secondary N) is 1. The Hall–Kier alpha value is -1.40. The predicted molar refractivity (Wildman–Crippen MR) is 68.7 cm³/mol. The fourth-order valence-corrected chi connectivity index (χ4v) is 2.48. The molecule has 1 N–H and O–H groups in total. The van der Waals surface area contributed by atoms with E-state index < -0.39 is 16.0 Å². The number of sulfonamides is 1. The van der Waals surface area contributed by atoms with Crippen molar-refractivity contribution in [1.82, 2.24) is 4.72 Å². The monoisotopic (exact) mass is 271 g/mol. The number of rotatable bonds is 6. The van der Waals surface area contributed by atoms with Crippen LogP contribution in [0.25, 0.3) is 0 Å². The summed E-state index contributed by atoms with van der Waals surface area (Å²) in [7, 11) is -1.89. The molecule has 1 aromatic carbocycles. The summed E-state index contributed by atoms with van der Waals surface area (Å²) < 4.78 is 29.9. The molecule has 18 heavy (non-hydrogen) atoms. The molecular weight excluding hydrogens is 254 g/mol. The van der Waals surface area contributed by atoms with Crippen molar-refractivity contribution < 1.29 is 17.9 Å². The van der Waals surface area contributed by atoms with Gasteiger partial charge in [-0.3, -0.25) is 0 Å². The number of benzene rings is 1. The number of hydrogen-bond acceptors (Lipinski definition) is 4. The Kier molecular flexibility index (Phi) is 5.30. The van der Waals surface area contributed by atoms with E-state index >= 15 is 0 Å². The zero-order chi connectivity index (χ0) is 13.6. The molecule has 0 aliphatic carbocycles.